The van der Waals surface area contributed by atoms with Gasteiger partial charge in [-0.05, 0) is 27.7 Å². The summed E-state index contributed by atoms with van der Waals surface area (Å²) in [5.74, 6) is -0.180. The van der Waals surface area contributed by atoms with Gasteiger partial charge in [0.1, 0.15) is 17.7 Å². The first-order chi connectivity index (χ1) is 7.81. The van der Waals surface area contributed by atoms with Crippen LogP contribution in [-0.4, -0.2) is 41.1 Å². The molecule has 104 valence electrons. The second kappa shape index (κ2) is 5.05. The van der Waals surface area contributed by atoms with Crippen LogP contribution in [0.3, 0.4) is 0 Å². The topological polar surface area (TPSA) is 63.2 Å². The zero-order valence-electron chi connectivity index (χ0n) is 11.3. The lowest BCUT2D eigenvalue weighted by atomic mass is 10.0. The molecule has 3 atom stereocenters. The number of nitrogens with two attached hydrogens (primary N) is 1. The Labute approximate surface area is 114 Å². The minimum Gasteiger partial charge on any atom is -1.00 e. The number of quaternary nitrogens is 1. The van der Waals surface area contributed by atoms with Crippen molar-refractivity contribution < 1.29 is 32.0 Å². The molecule has 0 saturated carbocycles. The quantitative estimate of drug-likeness (QED) is 0.517. The zero-order chi connectivity index (χ0) is 12.8. The van der Waals surface area contributed by atoms with Crippen molar-refractivity contribution >= 4 is 12.0 Å². The van der Waals surface area contributed by atoms with Crippen molar-refractivity contribution in [1.82, 2.24) is 4.90 Å². The average Bonchev–Trinajstić information content (AvgIpc) is 2.69. The van der Waals surface area contributed by atoms with Crippen LogP contribution in [0.4, 0.5) is 4.79 Å². The number of fused-ring (bicyclic) bond motifs is 1. The summed E-state index contributed by atoms with van der Waals surface area (Å²) in [5, 5.41) is 2.16. The fourth-order valence-corrected chi connectivity index (χ4v) is 2.73. The van der Waals surface area contributed by atoms with E-state index in [4.69, 9.17) is 4.74 Å². The number of ether oxygens (including phenoxy) is 1. The summed E-state index contributed by atoms with van der Waals surface area (Å²) < 4.78 is 5.30. The van der Waals surface area contributed by atoms with E-state index >= 15 is 0 Å². The maximum Gasteiger partial charge on any atom is 0.417 e. The summed E-state index contributed by atoms with van der Waals surface area (Å²) in [6.45, 7) is 8.31. The summed E-state index contributed by atoms with van der Waals surface area (Å²) in [5.41, 5.74) is -0.555. The maximum atomic E-state index is 12.1. The van der Waals surface area contributed by atoms with Crippen LogP contribution >= 0.6 is 0 Å². The van der Waals surface area contributed by atoms with Crippen molar-refractivity contribution in [3.8, 4) is 0 Å². The molecule has 2 amide bonds. The third-order valence-corrected chi connectivity index (χ3v) is 3.47. The van der Waals surface area contributed by atoms with Gasteiger partial charge in [-0.2, -0.15) is 0 Å². The molecule has 5 nitrogen and oxygen atoms in total. The van der Waals surface area contributed by atoms with Gasteiger partial charge in [-0.1, -0.05) is 0 Å². The summed E-state index contributed by atoms with van der Waals surface area (Å²) in [6, 6.07) is 0.238. The van der Waals surface area contributed by atoms with E-state index in [0.717, 1.165) is 13.0 Å². The molecule has 2 fully saturated rings. The van der Waals surface area contributed by atoms with E-state index in [9.17, 15) is 9.59 Å². The fourth-order valence-electron chi connectivity index (χ4n) is 2.73. The van der Waals surface area contributed by atoms with E-state index in [1.165, 1.54) is 4.90 Å². The third-order valence-electron chi connectivity index (χ3n) is 3.47. The molecule has 2 heterocycles. The van der Waals surface area contributed by atoms with Gasteiger partial charge in [-0.3, -0.25) is 4.79 Å². The number of hydrogen-bond donors (Lipinski definition) is 1. The van der Waals surface area contributed by atoms with Crippen LogP contribution in [-0.2, 0) is 9.53 Å². The van der Waals surface area contributed by atoms with E-state index in [0.29, 0.717) is 0 Å². The Bertz CT molecular complexity index is 354. The van der Waals surface area contributed by atoms with Crippen LogP contribution in [0.15, 0.2) is 0 Å². The number of rotatable bonds is 0. The van der Waals surface area contributed by atoms with Gasteiger partial charge in [0.25, 0.3) is 0 Å². The number of amides is 2. The molecule has 0 aliphatic carbocycles. The largest absolute Gasteiger partial charge is 1.00 e. The third kappa shape index (κ3) is 2.62. The molecule has 0 aromatic heterocycles. The van der Waals surface area contributed by atoms with Gasteiger partial charge in [-0.15, -0.1) is 0 Å². The first-order valence-electron chi connectivity index (χ1n) is 6.20. The van der Waals surface area contributed by atoms with Crippen LogP contribution in [0.5, 0.6) is 0 Å². The Balaban J connectivity index is 0.00000162. The minimum absolute atomic E-state index is 0. The van der Waals surface area contributed by atoms with Gasteiger partial charge in [0.15, 0.2) is 0 Å². The van der Waals surface area contributed by atoms with Gasteiger partial charge in [0.05, 0.1) is 12.5 Å². The highest BCUT2D eigenvalue weighted by molar-refractivity contribution is 5.96. The van der Waals surface area contributed by atoms with E-state index < -0.39 is 11.7 Å². The predicted octanol–water partition coefficient (Wildman–Crippen LogP) is -2.89. The molecule has 18 heavy (non-hydrogen) atoms. The molecule has 0 unspecified atom stereocenters. The van der Waals surface area contributed by atoms with Crippen molar-refractivity contribution in [1.29, 1.82) is 0 Å². The number of likely N-dealkylation sites (tertiary alicyclic amines) is 1. The van der Waals surface area contributed by atoms with E-state index in [1.54, 1.807) is 0 Å². The summed E-state index contributed by atoms with van der Waals surface area (Å²) >= 11 is 0. The molecule has 0 aromatic carbocycles. The lowest BCUT2D eigenvalue weighted by Gasteiger charge is -2.25. The Morgan fingerprint density at radius 3 is 2.61 bits per heavy atom. The molecule has 0 aromatic rings. The molecule has 2 aliphatic rings. The van der Waals surface area contributed by atoms with Crippen molar-refractivity contribution in [2.75, 3.05) is 6.54 Å². The summed E-state index contributed by atoms with van der Waals surface area (Å²) in [6.07, 6.45) is 0.386. The number of halogens is 1. The predicted molar refractivity (Wildman–Crippen MR) is 61.2 cm³/mol. The zero-order valence-corrected chi connectivity index (χ0v) is 12.0. The van der Waals surface area contributed by atoms with Gasteiger partial charge in [0, 0.05) is 6.42 Å². The fraction of sp³-hybridized carbons (Fsp3) is 0.833. The molecule has 0 spiro atoms. The lowest BCUT2D eigenvalue weighted by Crippen LogP contribution is -3.00. The van der Waals surface area contributed by atoms with Crippen molar-refractivity contribution in [3.05, 3.63) is 0 Å². The molecular weight excluding hydrogens is 256 g/mol. The average molecular weight is 277 g/mol. The van der Waals surface area contributed by atoms with Crippen LogP contribution in [0, 0.1) is 5.92 Å². The smallest absolute Gasteiger partial charge is 0.417 e. The van der Waals surface area contributed by atoms with Crippen LogP contribution in [0.25, 0.3) is 0 Å². The van der Waals surface area contributed by atoms with Gasteiger partial charge in [0.2, 0.25) is 5.91 Å². The van der Waals surface area contributed by atoms with Crippen molar-refractivity contribution in [2.45, 2.75) is 51.8 Å². The molecule has 6 heteroatoms. The summed E-state index contributed by atoms with van der Waals surface area (Å²) in [7, 11) is 0. The van der Waals surface area contributed by atoms with E-state index in [2.05, 4.69) is 5.32 Å². The molecule has 0 radical (unpaired) electrons. The molecule has 2 N–H and O–H groups in total. The lowest BCUT2D eigenvalue weighted by molar-refractivity contribution is -0.673. The number of carbonyl (C=O) groups excluding carboxylic acids is 2. The van der Waals surface area contributed by atoms with E-state index in [1.807, 2.05) is 27.7 Å². The molecule has 2 saturated heterocycles. The second-order valence-corrected chi connectivity index (χ2v) is 5.94. The van der Waals surface area contributed by atoms with Crippen LogP contribution in [0.1, 0.15) is 34.1 Å². The van der Waals surface area contributed by atoms with Crippen LogP contribution < -0.4 is 17.7 Å². The van der Waals surface area contributed by atoms with Gasteiger partial charge >= 0.3 is 6.09 Å². The Kier molecular flexibility index (Phi) is 4.28. The second-order valence-electron chi connectivity index (χ2n) is 5.94. The van der Waals surface area contributed by atoms with Crippen molar-refractivity contribution in [3.63, 3.8) is 0 Å². The van der Waals surface area contributed by atoms with Crippen LogP contribution in [0.2, 0.25) is 0 Å². The first-order valence-corrected chi connectivity index (χ1v) is 6.20. The Hall–Kier alpha value is -0.810. The highest BCUT2D eigenvalue weighted by Crippen LogP contribution is 2.28. The normalized spacial score (nSPS) is 31.0. The number of hydrogen-bond acceptors (Lipinski definition) is 3. The van der Waals surface area contributed by atoms with E-state index in [-0.39, 0.29) is 36.3 Å². The number of nitrogens with zero attached hydrogens (tertiary/aromatic N) is 1. The molecule has 0 bridgehead atoms. The Morgan fingerprint density at radius 2 is 2.06 bits per heavy atom. The number of imide groups is 1. The Morgan fingerprint density at radius 1 is 1.44 bits per heavy atom. The standard InChI is InChI=1S/C12H20N2O3.ClH/c1-7-9-8(5-6-13-9)14(10(7)15)11(16)17-12(2,3)4;/h7-9,13H,5-6H2,1-4H3;1H/t7-,8-,9+;/m0./s1. The molecule has 2 rings (SSSR count). The van der Waals surface area contributed by atoms with Gasteiger partial charge in [-0.25, -0.2) is 9.69 Å². The monoisotopic (exact) mass is 276 g/mol. The summed E-state index contributed by atoms with van der Waals surface area (Å²) in [4.78, 5) is 25.4. The minimum atomic E-state index is -0.555. The molecular formula is C12H21ClN2O3. The highest BCUT2D eigenvalue weighted by atomic mass is 35.5. The maximum absolute atomic E-state index is 12.1. The SMILES string of the molecule is C[C@@H]1C(=O)N(C(=O)OC(C)(C)C)[C@H]2CC[NH2+][C@H]12.[Cl-]. The first kappa shape index (κ1) is 15.2. The molecule has 2 aliphatic heterocycles. The van der Waals surface area contributed by atoms with Crippen molar-refractivity contribution in [2.24, 2.45) is 5.92 Å². The number of carbonyl (C=O) groups is 2. The highest BCUT2D eigenvalue weighted by Gasteiger charge is 2.54. The van der Waals surface area contributed by atoms with Gasteiger partial charge < -0.3 is 22.5 Å².